The number of carbonyl (C=O) groups is 2. The van der Waals surface area contributed by atoms with E-state index in [2.05, 4.69) is 5.32 Å². The Morgan fingerprint density at radius 3 is 2.64 bits per heavy atom. The summed E-state index contributed by atoms with van der Waals surface area (Å²) in [5, 5.41) is 11.7. The fourth-order valence-corrected chi connectivity index (χ4v) is 2.03. The standard InChI is InChI=1S/C17H25NO4/c1-2-3-13-22-17(21)15(18-12-11-16(19)20)10-9-14-7-5-4-6-8-14/h4-8,15,18H,2-3,9-13H2,1H3,(H,19,20)/t15-/m0/s1. The number of rotatable bonds is 11. The number of aliphatic carboxylic acids is 1. The fourth-order valence-electron chi connectivity index (χ4n) is 2.03. The summed E-state index contributed by atoms with van der Waals surface area (Å²) in [6.07, 6.45) is 3.13. The number of carboxylic acid groups (broad SMARTS) is 1. The van der Waals surface area contributed by atoms with Gasteiger partial charge in [-0.2, -0.15) is 0 Å². The highest BCUT2D eigenvalue weighted by molar-refractivity contribution is 5.76. The summed E-state index contributed by atoms with van der Waals surface area (Å²) in [4.78, 5) is 22.7. The van der Waals surface area contributed by atoms with Crippen molar-refractivity contribution in [1.29, 1.82) is 0 Å². The molecular formula is C17H25NO4. The summed E-state index contributed by atoms with van der Waals surface area (Å²) < 4.78 is 5.24. The molecule has 0 aliphatic rings. The van der Waals surface area contributed by atoms with E-state index in [-0.39, 0.29) is 18.9 Å². The highest BCUT2D eigenvalue weighted by Crippen LogP contribution is 2.07. The molecule has 0 amide bonds. The van der Waals surface area contributed by atoms with E-state index in [0.717, 1.165) is 24.8 Å². The summed E-state index contributed by atoms with van der Waals surface area (Å²) in [5.74, 6) is -1.18. The van der Waals surface area contributed by atoms with Crippen molar-refractivity contribution < 1.29 is 19.4 Å². The first kappa shape index (κ1) is 18.2. The first-order valence-electron chi connectivity index (χ1n) is 7.79. The minimum Gasteiger partial charge on any atom is -0.481 e. The second-order valence-electron chi connectivity index (χ2n) is 5.20. The van der Waals surface area contributed by atoms with Gasteiger partial charge in [0.2, 0.25) is 0 Å². The van der Waals surface area contributed by atoms with Crippen molar-refractivity contribution in [3.05, 3.63) is 35.9 Å². The van der Waals surface area contributed by atoms with Crippen LogP contribution in [0.15, 0.2) is 30.3 Å². The highest BCUT2D eigenvalue weighted by atomic mass is 16.5. The second-order valence-corrected chi connectivity index (χ2v) is 5.20. The van der Waals surface area contributed by atoms with Gasteiger partial charge in [0.05, 0.1) is 13.0 Å². The van der Waals surface area contributed by atoms with E-state index in [0.29, 0.717) is 13.0 Å². The van der Waals surface area contributed by atoms with Crippen LogP contribution in [0.3, 0.4) is 0 Å². The van der Waals surface area contributed by atoms with Crippen LogP contribution in [0.5, 0.6) is 0 Å². The molecule has 22 heavy (non-hydrogen) atoms. The van der Waals surface area contributed by atoms with Crippen molar-refractivity contribution in [2.24, 2.45) is 0 Å². The first-order valence-corrected chi connectivity index (χ1v) is 7.79. The maximum Gasteiger partial charge on any atom is 0.323 e. The zero-order valence-corrected chi connectivity index (χ0v) is 13.1. The van der Waals surface area contributed by atoms with E-state index in [9.17, 15) is 9.59 Å². The van der Waals surface area contributed by atoms with Gasteiger partial charge in [0.15, 0.2) is 0 Å². The molecule has 0 spiro atoms. The summed E-state index contributed by atoms with van der Waals surface area (Å²) in [6.45, 7) is 2.71. The number of carbonyl (C=O) groups excluding carboxylic acids is 1. The van der Waals surface area contributed by atoms with Crippen LogP contribution in [0.2, 0.25) is 0 Å². The van der Waals surface area contributed by atoms with Gasteiger partial charge in [0.25, 0.3) is 0 Å². The number of nitrogens with one attached hydrogen (secondary N) is 1. The molecule has 2 N–H and O–H groups in total. The third-order valence-electron chi connectivity index (χ3n) is 3.32. The zero-order chi connectivity index (χ0) is 16.2. The average Bonchev–Trinajstić information content (AvgIpc) is 2.51. The van der Waals surface area contributed by atoms with Crippen LogP contribution in [0, 0.1) is 0 Å². The van der Waals surface area contributed by atoms with Crippen LogP contribution in [-0.4, -0.2) is 36.2 Å². The molecule has 0 radical (unpaired) electrons. The Hall–Kier alpha value is -1.88. The summed E-state index contributed by atoms with van der Waals surface area (Å²) in [7, 11) is 0. The molecule has 1 aromatic carbocycles. The van der Waals surface area contributed by atoms with Gasteiger partial charge in [-0.25, -0.2) is 0 Å². The number of carboxylic acids is 1. The van der Waals surface area contributed by atoms with Crippen molar-refractivity contribution >= 4 is 11.9 Å². The number of aryl methyl sites for hydroxylation is 1. The molecule has 0 fully saturated rings. The van der Waals surface area contributed by atoms with E-state index in [1.54, 1.807) is 0 Å². The lowest BCUT2D eigenvalue weighted by Gasteiger charge is -2.17. The topological polar surface area (TPSA) is 75.6 Å². The van der Waals surface area contributed by atoms with Crippen LogP contribution in [0.25, 0.3) is 0 Å². The lowest BCUT2D eigenvalue weighted by molar-refractivity contribution is -0.147. The van der Waals surface area contributed by atoms with E-state index < -0.39 is 12.0 Å². The molecule has 5 heteroatoms. The molecule has 0 unspecified atom stereocenters. The zero-order valence-electron chi connectivity index (χ0n) is 13.1. The highest BCUT2D eigenvalue weighted by Gasteiger charge is 2.19. The maximum absolute atomic E-state index is 12.1. The summed E-state index contributed by atoms with van der Waals surface area (Å²) in [6, 6.07) is 9.43. The van der Waals surface area contributed by atoms with Crippen LogP contribution >= 0.6 is 0 Å². The monoisotopic (exact) mass is 307 g/mol. The Labute approximate surface area is 131 Å². The van der Waals surface area contributed by atoms with Gasteiger partial charge in [-0.1, -0.05) is 43.7 Å². The molecule has 0 saturated heterocycles. The molecule has 1 rings (SSSR count). The van der Waals surface area contributed by atoms with Crippen LogP contribution < -0.4 is 5.32 Å². The van der Waals surface area contributed by atoms with Gasteiger partial charge < -0.3 is 15.2 Å². The van der Waals surface area contributed by atoms with Gasteiger partial charge in [-0.3, -0.25) is 9.59 Å². The van der Waals surface area contributed by atoms with Crippen LogP contribution in [0.4, 0.5) is 0 Å². The number of hydrogen-bond donors (Lipinski definition) is 2. The normalized spacial score (nSPS) is 11.9. The van der Waals surface area contributed by atoms with Crippen molar-refractivity contribution in [2.45, 2.75) is 45.1 Å². The SMILES string of the molecule is CCCCOC(=O)[C@H](CCc1ccccc1)NCCC(=O)O. The van der Waals surface area contributed by atoms with E-state index >= 15 is 0 Å². The smallest absolute Gasteiger partial charge is 0.323 e. The average molecular weight is 307 g/mol. The van der Waals surface area contributed by atoms with Crippen molar-refractivity contribution in [3.8, 4) is 0 Å². The van der Waals surface area contributed by atoms with Crippen molar-refractivity contribution in [2.75, 3.05) is 13.2 Å². The van der Waals surface area contributed by atoms with Gasteiger partial charge in [-0.05, 0) is 24.8 Å². The van der Waals surface area contributed by atoms with Crippen LogP contribution in [-0.2, 0) is 20.7 Å². The minimum atomic E-state index is -0.881. The Kier molecular flexibility index (Phi) is 8.91. The van der Waals surface area contributed by atoms with Gasteiger partial charge in [0.1, 0.15) is 6.04 Å². The first-order chi connectivity index (χ1) is 10.6. The summed E-state index contributed by atoms with van der Waals surface area (Å²) in [5.41, 5.74) is 1.15. The van der Waals surface area contributed by atoms with Crippen LogP contribution in [0.1, 0.15) is 38.2 Å². The minimum absolute atomic E-state index is 0.00984. The lowest BCUT2D eigenvalue weighted by Crippen LogP contribution is -2.39. The van der Waals surface area contributed by atoms with E-state index in [4.69, 9.17) is 9.84 Å². The molecule has 0 heterocycles. The molecule has 0 saturated carbocycles. The van der Waals surface area contributed by atoms with Crippen molar-refractivity contribution in [3.63, 3.8) is 0 Å². The van der Waals surface area contributed by atoms with Gasteiger partial charge in [-0.15, -0.1) is 0 Å². The second kappa shape index (κ2) is 10.8. The quantitative estimate of drug-likeness (QED) is 0.485. The summed E-state index contributed by atoms with van der Waals surface area (Å²) >= 11 is 0. The molecule has 0 bridgehead atoms. The van der Waals surface area contributed by atoms with Crippen molar-refractivity contribution in [1.82, 2.24) is 5.32 Å². The fraction of sp³-hybridized carbons (Fsp3) is 0.529. The predicted molar refractivity (Wildman–Crippen MR) is 84.7 cm³/mol. The lowest BCUT2D eigenvalue weighted by atomic mass is 10.1. The number of unbranched alkanes of at least 4 members (excludes halogenated alkanes) is 1. The number of ether oxygens (including phenoxy) is 1. The molecule has 0 aliphatic carbocycles. The Balaban J connectivity index is 2.48. The molecule has 5 nitrogen and oxygen atoms in total. The number of esters is 1. The molecule has 0 aromatic heterocycles. The largest absolute Gasteiger partial charge is 0.481 e. The van der Waals surface area contributed by atoms with E-state index in [1.165, 1.54) is 0 Å². The Morgan fingerprint density at radius 1 is 1.27 bits per heavy atom. The number of benzene rings is 1. The van der Waals surface area contributed by atoms with E-state index in [1.807, 2.05) is 37.3 Å². The third kappa shape index (κ3) is 7.78. The Morgan fingerprint density at radius 2 is 2.00 bits per heavy atom. The van der Waals surface area contributed by atoms with Gasteiger partial charge >= 0.3 is 11.9 Å². The van der Waals surface area contributed by atoms with Gasteiger partial charge in [0, 0.05) is 6.54 Å². The molecule has 1 aromatic rings. The molecular weight excluding hydrogens is 282 g/mol. The third-order valence-corrected chi connectivity index (χ3v) is 3.32. The predicted octanol–water partition coefficient (Wildman–Crippen LogP) is 2.40. The molecule has 1 atom stereocenters. The molecule has 0 aliphatic heterocycles. The maximum atomic E-state index is 12.1. The number of hydrogen-bond acceptors (Lipinski definition) is 4. The molecule has 122 valence electrons. The Bertz CT molecular complexity index is 447.